The van der Waals surface area contributed by atoms with Crippen molar-refractivity contribution in [2.24, 2.45) is 0 Å². The highest BCUT2D eigenvalue weighted by Gasteiger charge is 2.30. The number of rotatable bonds is 5. The van der Waals surface area contributed by atoms with Crippen molar-refractivity contribution in [1.82, 2.24) is 24.9 Å². The number of nitrogens with zero attached hydrogens (tertiary/aromatic N) is 4. The number of aromatic nitrogens is 4. The molecule has 0 radical (unpaired) electrons. The summed E-state index contributed by atoms with van der Waals surface area (Å²) in [6.07, 6.45) is 8.19. The second-order valence-corrected chi connectivity index (χ2v) is 8.28. The number of nitrogens with one attached hydrogen (secondary N) is 1. The first kappa shape index (κ1) is 18.1. The Morgan fingerprint density at radius 2 is 1.93 bits per heavy atom. The van der Waals surface area contributed by atoms with Gasteiger partial charge in [-0.1, -0.05) is 31.0 Å². The predicted octanol–water partition coefficient (Wildman–Crippen LogP) is 2.83. The van der Waals surface area contributed by atoms with E-state index in [-0.39, 0.29) is 24.1 Å². The fourth-order valence-electron chi connectivity index (χ4n) is 4.32. The van der Waals surface area contributed by atoms with E-state index < -0.39 is 0 Å². The maximum atomic E-state index is 13.3. The van der Waals surface area contributed by atoms with Crippen molar-refractivity contribution in [2.45, 2.75) is 64.0 Å². The summed E-state index contributed by atoms with van der Waals surface area (Å²) in [4.78, 5) is 25.9. The van der Waals surface area contributed by atoms with Gasteiger partial charge in [-0.05, 0) is 44.2 Å². The van der Waals surface area contributed by atoms with Crippen molar-refractivity contribution >= 4 is 16.8 Å². The highest BCUT2D eigenvalue weighted by atomic mass is 16.2. The summed E-state index contributed by atoms with van der Waals surface area (Å²) < 4.78 is 3.03. The molecule has 0 unspecified atom stereocenters. The van der Waals surface area contributed by atoms with E-state index in [1.54, 1.807) is 10.9 Å². The van der Waals surface area contributed by atoms with Gasteiger partial charge in [-0.25, -0.2) is 9.36 Å². The second kappa shape index (κ2) is 7.13. The molecular formula is C22H25N5O2. The van der Waals surface area contributed by atoms with Crippen LogP contribution in [0.15, 0.2) is 35.3 Å². The Kier molecular flexibility index (Phi) is 4.45. The third-order valence-corrected chi connectivity index (χ3v) is 6.03. The third kappa shape index (κ3) is 3.34. The van der Waals surface area contributed by atoms with E-state index >= 15 is 0 Å². The van der Waals surface area contributed by atoms with Gasteiger partial charge in [0.25, 0.3) is 5.56 Å². The lowest BCUT2D eigenvalue weighted by Crippen LogP contribution is -2.38. The average Bonchev–Trinajstić information content (AvgIpc) is 3.24. The van der Waals surface area contributed by atoms with E-state index in [0.717, 1.165) is 60.9 Å². The van der Waals surface area contributed by atoms with Crippen LogP contribution in [0.2, 0.25) is 0 Å². The van der Waals surface area contributed by atoms with Crippen molar-refractivity contribution in [1.29, 1.82) is 0 Å². The highest BCUT2D eigenvalue weighted by Crippen LogP contribution is 2.41. The number of benzene rings is 1. The van der Waals surface area contributed by atoms with Gasteiger partial charge in [0.2, 0.25) is 5.91 Å². The summed E-state index contributed by atoms with van der Waals surface area (Å²) in [5.41, 5.74) is 3.02. The van der Waals surface area contributed by atoms with E-state index in [2.05, 4.69) is 15.5 Å². The minimum atomic E-state index is -0.272. The zero-order valence-electron chi connectivity index (χ0n) is 16.6. The number of carbonyl (C=O) groups excluding carboxylic acids is 1. The van der Waals surface area contributed by atoms with Crippen molar-refractivity contribution in [2.75, 3.05) is 0 Å². The normalized spacial score (nSPS) is 17.1. The van der Waals surface area contributed by atoms with Gasteiger partial charge in [-0.2, -0.15) is 10.2 Å². The summed E-state index contributed by atoms with van der Waals surface area (Å²) in [6.45, 7) is 1.95. The first-order valence-electron chi connectivity index (χ1n) is 10.5. The largest absolute Gasteiger partial charge is 0.352 e. The van der Waals surface area contributed by atoms with E-state index in [1.165, 1.54) is 4.68 Å². The van der Waals surface area contributed by atoms with Gasteiger partial charge in [0, 0.05) is 17.3 Å². The van der Waals surface area contributed by atoms with Crippen LogP contribution in [0.5, 0.6) is 0 Å². The standard InChI is InChI=1S/C22H25N5O2/c1-14-6-2-5-9-18(14)27-21-17(12-23-27)20(15-10-11-15)25-26(22(21)29)13-19(28)24-16-7-3-4-8-16/h2,5-6,9,12,15-16H,3-4,7-8,10-11,13H2,1H3,(H,24,28). The van der Waals surface area contributed by atoms with Crippen LogP contribution >= 0.6 is 0 Å². The monoisotopic (exact) mass is 391 g/mol. The molecule has 0 aliphatic heterocycles. The first-order chi connectivity index (χ1) is 14.1. The van der Waals surface area contributed by atoms with E-state index in [1.807, 2.05) is 31.2 Å². The molecular weight excluding hydrogens is 366 g/mol. The fraction of sp³-hybridized carbons (Fsp3) is 0.455. The Balaban J connectivity index is 1.58. The molecule has 2 heterocycles. The van der Waals surface area contributed by atoms with Crippen molar-refractivity contribution in [3.05, 3.63) is 52.1 Å². The quantitative estimate of drug-likeness (QED) is 0.725. The lowest BCUT2D eigenvalue weighted by Gasteiger charge is -2.14. The molecule has 3 aromatic rings. The molecule has 2 saturated carbocycles. The Hall–Kier alpha value is -2.96. The molecule has 0 saturated heterocycles. The maximum absolute atomic E-state index is 13.3. The van der Waals surface area contributed by atoms with E-state index in [4.69, 9.17) is 0 Å². The van der Waals surface area contributed by atoms with Gasteiger partial charge < -0.3 is 5.32 Å². The Morgan fingerprint density at radius 3 is 2.66 bits per heavy atom. The summed E-state index contributed by atoms with van der Waals surface area (Å²) in [7, 11) is 0. The maximum Gasteiger partial charge on any atom is 0.293 e. The Morgan fingerprint density at radius 1 is 1.17 bits per heavy atom. The van der Waals surface area contributed by atoms with Gasteiger partial charge in [0.05, 0.1) is 17.6 Å². The zero-order chi connectivity index (χ0) is 20.0. The molecule has 0 atom stereocenters. The summed E-state index contributed by atoms with van der Waals surface area (Å²) >= 11 is 0. The lowest BCUT2D eigenvalue weighted by atomic mass is 10.2. The number of amides is 1. The van der Waals surface area contributed by atoms with Crippen molar-refractivity contribution < 1.29 is 4.79 Å². The summed E-state index contributed by atoms with van der Waals surface area (Å²) in [5, 5.41) is 13.0. The number of hydrogen-bond donors (Lipinski definition) is 1. The van der Waals surface area contributed by atoms with Gasteiger partial charge in [0.15, 0.2) is 0 Å². The average molecular weight is 391 g/mol. The smallest absolute Gasteiger partial charge is 0.293 e. The summed E-state index contributed by atoms with van der Waals surface area (Å²) in [6, 6.07) is 8.08. The fourth-order valence-corrected chi connectivity index (χ4v) is 4.32. The number of aryl methyl sites for hydroxylation is 1. The molecule has 7 heteroatoms. The Labute approximate surface area is 168 Å². The first-order valence-corrected chi connectivity index (χ1v) is 10.5. The SMILES string of the molecule is Cc1ccccc1-n1ncc2c(C3CC3)nn(CC(=O)NC3CCCC3)c(=O)c21. The topological polar surface area (TPSA) is 81.8 Å². The molecule has 2 fully saturated rings. The molecule has 2 aliphatic carbocycles. The van der Waals surface area contributed by atoms with Crippen molar-refractivity contribution in [3.8, 4) is 5.69 Å². The minimum absolute atomic E-state index is 0.0516. The van der Waals surface area contributed by atoms with Crippen LogP contribution in [-0.2, 0) is 11.3 Å². The number of fused-ring (bicyclic) bond motifs is 1. The molecule has 1 aromatic carbocycles. The van der Waals surface area contributed by atoms with Crippen LogP contribution in [0, 0.1) is 6.92 Å². The zero-order valence-corrected chi connectivity index (χ0v) is 16.6. The molecule has 7 nitrogen and oxygen atoms in total. The molecule has 0 bridgehead atoms. The van der Waals surface area contributed by atoms with E-state index in [9.17, 15) is 9.59 Å². The molecule has 2 aromatic heterocycles. The number of hydrogen-bond acceptors (Lipinski definition) is 4. The summed E-state index contributed by atoms with van der Waals surface area (Å²) in [5.74, 6) is 0.200. The molecule has 1 N–H and O–H groups in total. The highest BCUT2D eigenvalue weighted by molar-refractivity contribution is 5.83. The van der Waals surface area contributed by atoms with Crippen LogP contribution in [-0.4, -0.2) is 31.5 Å². The van der Waals surface area contributed by atoms with Gasteiger partial charge >= 0.3 is 0 Å². The van der Waals surface area contributed by atoms with Crippen LogP contribution in [0.4, 0.5) is 0 Å². The van der Waals surface area contributed by atoms with E-state index in [0.29, 0.717) is 11.4 Å². The second-order valence-electron chi connectivity index (χ2n) is 8.28. The van der Waals surface area contributed by atoms with Crippen LogP contribution < -0.4 is 10.9 Å². The van der Waals surface area contributed by atoms with Gasteiger partial charge in [-0.3, -0.25) is 9.59 Å². The number of para-hydroxylation sites is 1. The molecule has 29 heavy (non-hydrogen) atoms. The number of carbonyl (C=O) groups is 1. The molecule has 0 spiro atoms. The van der Waals surface area contributed by atoms with Gasteiger partial charge in [0.1, 0.15) is 12.1 Å². The third-order valence-electron chi connectivity index (χ3n) is 6.03. The minimum Gasteiger partial charge on any atom is -0.352 e. The van der Waals surface area contributed by atoms with Crippen LogP contribution in [0.3, 0.4) is 0 Å². The lowest BCUT2D eigenvalue weighted by molar-refractivity contribution is -0.122. The molecule has 150 valence electrons. The molecule has 1 amide bonds. The van der Waals surface area contributed by atoms with Crippen LogP contribution in [0.25, 0.3) is 16.6 Å². The van der Waals surface area contributed by atoms with Crippen molar-refractivity contribution in [3.63, 3.8) is 0 Å². The Bertz CT molecular complexity index is 1140. The molecule has 5 rings (SSSR count). The predicted molar refractivity (Wildman–Crippen MR) is 110 cm³/mol. The van der Waals surface area contributed by atoms with Gasteiger partial charge in [-0.15, -0.1) is 0 Å². The van der Waals surface area contributed by atoms with Crippen LogP contribution in [0.1, 0.15) is 55.7 Å². The molecule has 2 aliphatic rings.